The van der Waals surface area contributed by atoms with Crippen molar-refractivity contribution in [1.29, 1.82) is 0 Å². The third-order valence-corrected chi connectivity index (χ3v) is 2.02. The second kappa shape index (κ2) is 5.94. The topological polar surface area (TPSA) is 46.3 Å². The van der Waals surface area contributed by atoms with Crippen LogP contribution in [-0.4, -0.2) is 31.4 Å². The number of hydrogen-bond donors (Lipinski definition) is 1. The molecule has 0 bridgehead atoms. The van der Waals surface area contributed by atoms with Gasteiger partial charge >= 0.3 is 0 Å². The Labute approximate surface area is 96.2 Å². The van der Waals surface area contributed by atoms with Crippen molar-refractivity contribution < 1.29 is 4.79 Å². The third-order valence-electron chi connectivity index (χ3n) is 2.02. The van der Waals surface area contributed by atoms with E-state index in [9.17, 15) is 4.79 Å². The molecule has 0 saturated heterocycles. The highest BCUT2D eigenvalue weighted by Gasteiger charge is 2.06. The summed E-state index contributed by atoms with van der Waals surface area (Å²) >= 11 is 0. The molecule has 84 valence electrons. The van der Waals surface area contributed by atoms with Crippen molar-refractivity contribution in [1.82, 2.24) is 4.90 Å². The van der Waals surface area contributed by atoms with Gasteiger partial charge in [-0.3, -0.25) is 4.79 Å². The van der Waals surface area contributed by atoms with Crippen LogP contribution in [0.15, 0.2) is 24.3 Å². The van der Waals surface area contributed by atoms with Crippen LogP contribution in [0.1, 0.15) is 22.3 Å². The summed E-state index contributed by atoms with van der Waals surface area (Å²) in [6.07, 6.45) is 0.672. The van der Waals surface area contributed by atoms with Gasteiger partial charge in [0.25, 0.3) is 5.91 Å². The zero-order valence-corrected chi connectivity index (χ0v) is 9.66. The van der Waals surface area contributed by atoms with Crippen LogP contribution in [0.3, 0.4) is 0 Å². The van der Waals surface area contributed by atoms with Crippen LogP contribution in [0, 0.1) is 11.8 Å². The maximum Gasteiger partial charge on any atom is 0.253 e. The molecule has 3 heteroatoms. The molecule has 0 heterocycles. The molecule has 0 aliphatic rings. The lowest BCUT2D eigenvalue weighted by molar-refractivity contribution is 0.0827. The molecule has 16 heavy (non-hydrogen) atoms. The smallest absolute Gasteiger partial charge is 0.253 e. The monoisotopic (exact) mass is 216 g/mol. The Hall–Kier alpha value is -1.79. The fourth-order valence-electron chi connectivity index (χ4n) is 1.22. The molecule has 0 aliphatic heterocycles. The molecule has 2 N–H and O–H groups in total. The molecule has 3 nitrogen and oxygen atoms in total. The number of benzene rings is 1. The van der Waals surface area contributed by atoms with Crippen molar-refractivity contribution >= 4 is 5.91 Å². The first kappa shape index (κ1) is 12.3. The van der Waals surface area contributed by atoms with Crippen molar-refractivity contribution in [2.45, 2.75) is 6.42 Å². The van der Waals surface area contributed by atoms with Gasteiger partial charge in [-0.2, -0.15) is 0 Å². The van der Waals surface area contributed by atoms with Gasteiger partial charge in [-0.15, -0.1) is 0 Å². The lowest BCUT2D eigenvalue weighted by atomic mass is 10.1. The summed E-state index contributed by atoms with van der Waals surface area (Å²) in [6, 6.07) is 7.31. The number of hydrogen-bond acceptors (Lipinski definition) is 2. The van der Waals surface area contributed by atoms with Crippen molar-refractivity contribution in [2.24, 2.45) is 5.73 Å². The van der Waals surface area contributed by atoms with E-state index >= 15 is 0 Å². The van der Waals surface area contributed by atoms with Gasteiger partial charge in [0.1, 0.15) is 0 Å². The molecule has 1 aromatic rings. The number of carbonyl (C=O) groups excluding carboxylic acids is 1. The van der Waals surface area contributed by atoms with Gasteiger partial charge in [0.15, 0.2) is 0 Å². The number of nitrogens with two attached hydrogens (primary N) is 1. The Morgan fingerprint density at radius 2 is 2.19 bits per heavy atom. The summed E-state index contributed by atoms with van der Waals surface area (Å²) in [7, 11) is 3.46. The number of carbonyl (C=O) groups is 1. The molecule has 0 atom stereocenters. The van der Waals surface area contributed by atoms with Gasteiger partial charge in [-0.1, -0.05) is 17.9 Å². The molecule has 0 unspecified atom stereocenters. The summed E-state index contributed by atoms with van der Waals surface area (Å²) in [5.41, 5.74) is 6.85. The largest absolute Gasteiger partial charge is 0.345 e. The maximum absolute atomic E-state index is 11.7. The van der Waals surface area contributed by atoms with Gasteiger partial charge in [0.2, 0.25) is 0 Å². The molecule has 1 amide bonds. The molecule has 0 spiro atoms. The van der Waals surface area contributed by atoms with E-state index in [2.05, 4.69) is 11.8 Å². The van der Waals surface area contributed by atoms with E-state index in [4.69, 9.17) is 5.73 Å². The Balaban J connectivity index is 2.88. The van der Waals surface area contributed by atoms with E-state index in [1.807, 2.05) is 12.1 Å². The molecule has 1 aromatic carbocycles. The Kier molecular flexibility index (Phi) is 4.56. The van der Waals surface area contributed by atoms with Crippen LogP contribution < -0.4 is 5.73 Å². The number of rotatable bonds is 2. The Bertz CT molecular complexity index is 427. The molecule has 0 radical (unpaired) electrons. The molecular formula is C13H16N2O. The van der Waals surface area contributed by atoms with Gasteiger partial charge in [0.05, 0.1) is 0 Å². The van der Waals surface area contributed by atoms with E-state index in [1.165, 1.54) is 0 Å². The lowest BCUT2D eigenvalue weighted by Crippen LogP contribution is -2.21. The lowest BCUT2D eigenvalue weighted by Gasteiger charge is -2.09. The molecule has 0 saturated carbocycles. The van der Waals surface area contributed by atoms with Gasteiger partial charge in [-0.25, -0.2) is 0 Å². The highest BCUT2D eigenvalue weighted by molar-refractivity contribution is 5.94. The van der Waals surface area contributed by atoms with Gasteiger partial charge in [0, 0.05) is 38.2 Å². The van der Waals surface area contributed by atoms with Crippen LogP contribution in [0.4, 0.5) is 0 Å². The van der Waals surface area contributed by atoms with Crippen LogP contribution >= 0.6 is 0 Å². The third kappa shape index (κ3) is 3.41. The number of amides is 1. The fourth-order valence-corrected chi connectivity index (χ4v) is 1.22. The van der Waals surface area contributed by atoms with E-state index in [0.29, 0.717) is 18.5 Å². The van der Waals surface area contributed by atoms with Crippen molar-refractivity contribution in [2.75, 3.05) is 20.6 Å². The second-order valence-corrected chi connectivity index (χ2v) is 3.62. The standard InChI is InChI=1S/C13H16N2O/c1-15(2)13(16)12-8-5-7-11(10-12)6-3-4-9-14/h5,7-8,10H,4,9,14H2,1-2H3. The first-order valence-electron chi connectivity index (χ1n) is 5.16. The summed E-state index contributed by atoms with van der Waals surface area (Å²) in [5, 5.41) is 0. The maximum atomic E-state index is 11.7. The average molecular weight is 216 g/mol. The SMILES string of the molecule is CN(C)C(=O)c1cccc(C#CCCN)c1. The first-order valence-corrected chi connectivity index (χ1v) is 5.16. The number of nitrogens with zero attached hydrogens (tertiary/aromatic N) is 1. The van der Waals surface area contributed by atoms with Crippen molar-refractivity contribution in [3.8, 4) is 11.8 Å². The van der Waals surface area contributed by atoms with Crippen LogP contribution in [-0.2, 0) is 0 Å². The van der Waals surface area contributed by atoms with Crippen LogP contribution in [0.5, 0.6) is 0 Å². The zero-order valence-electron chi connectivity index (χ0n) is 9.66. The minimum atomic E-state index is -0.0116. The molecular weight excluding hydrogens is 200 g/mol. The summed E-state index contributed by atoms with van der Waals surface area (Å²) in [5.74, 6) is 5.91. The predicted octanol–water partition coefficient (Wildman–Crippen LogP) is 1.09. The highest BCUT2D eigenvalue weighted by atomic mass is 16.2. The summed E-state index contributed by atoms with van der Waals surface area (Å²) in [6.45, 7) is 0.559. The molecule has 0 aliphatic carbocycles. The molecule has 1 rings (SSSR count). The van der Waals surface area contributed by atoms with Crippen molar-refractivity contribution in [3.63, 3.8) is 0 Å². The van der Waals surface area contributed by atoms with E-state index in [0.717, 1.165) is 5.56 Å². The first-order chi connectivity index (χ1) is 7.65. The Morgan fingerprint density at radius 1 is 1.44 bits per heavy atom. The minimum absolute atomic E-state index is 0.0116. The average Bonchev–Trinajstić information content (AvgIpc) is 2.29. The van der Waals surface area contributed by atoms with Crippen molar-refractivity contribution in [3.05, 3.63) is 35.4 Å². The fraction of sp³-hybridized carbons (Fsp3) is 0.308. The van der Waals surface area contributed by atoms with Gasteiger partial charge in [-0.05, 0) is 18.2 Å². The Morgan fingerprint density at radius 3 is 2.81 bits per heavy atom. The minimum Gasteiger partial charge on any atom is -0.345 e. The quantitative estimate of drug-likeness (QED) is 0.752. The van der Waals surface area contributed by atoms with Crippen LogP contribution in [0.25, 0.3) is 0 Å². The van der Waals surface area contributed by atoms with Crippen LogP contribution in [0.2, 0.25) is 0 Å². The second-order valence-electron chi connectivity index (χ2n) is 3.62. The normalized spacial score (nSPS) is 9.19. The van der Waals surface area contributed by atoms with E-state index in [1.54, 1.807) is 31.1 Å². The molecule has 0 fully saturated rings. The zero-order chi connectivity index (χ0) is 12.0. The van der Waals surface area contributed by atoms with Gasteiger partial charge < -0.3 is 10.6 Å². The molecule has 0 aromatic heterocycles. The summed E-state index contributed by atoms with van der Waals surface area (Å²) < 4.78 is 0. The van der Waals surface area contributed by atoms with E-state index in [-0.39, 0.29) is 5.91 Å². The van der Waals surface area contributed by atoms with E-state index < -0.39 is 0 Å². The summed E-state index contributed by atoms with van der Waals surface area (Å²) in [4.78, 5) is 13.2. The predicted molar refractivity (Wildman–Crippen MR) is 65.0 cm³/mol. The highest BCUT2D eigenvalue weighted by Crippen LogP contribution is 2.06.